The number of carboxylic acid groups (broad SMARTS) is 1. The molecule has 0 fully saturated rings. The molecule has 8 heteroatoms. The first-order valence-corrected chi connectivity index (χ1v) is 11.9. The number of aromatic nitrogens is 2. The van der Waals surface area contributed by atoms with Crippen LogP contribution in [0.5, 0.6) is 0 Å². The Labute approximate surface area is 149 Å². The van der Waals surface area contributed by atoms with Crippen molar-refractivity contribution in [3.8, 4) is 0 Å². The highest BCUT2D eigenvalue weighted by Gasteiger charge is 2.16. The summed E-state index contributed by atoms with van der Waals surface area (Å²) in [5.74, 6) is -1.61. The number of rotatable bonds is 8. The van der Waals surface area contributed by atoms with E-state index < -0.39 is 25.6 Å². The van der Waals surface area contributed by atoms with Crippen molar-refractivity contribution in [1.29, 1.82) is 0 Å². The van der Waals surface area contributed by atoms with Gasteiger partial charge in [0, 0.05) is 20.8 Å². The van der Waals surface area contributed by atoms with Gasteiger partial charge in [-0.2, -0.15) is 5.10 Å². The van der Waals surface area contributed by atoms with Crippen LogP contribution in [-0.2, 0) is 21.0 Å². The first-order valence-electron chi connectivity index (χ1n) is 8.17. The first kappa shape index (κ1) is 21.1. The zero-order valence-electron chi connectivity index (χ0n) is 15.8. The standard InChI is InChI=1S/C17H28N2O5Si/c1-17(2,3)24-15(20)8-7-13-11-14(16(21)22)19(18-13)12-23-9-10-25(4,5)6/h7-8,11H,9-10,12H2,1-6H3,(H,21,22)/b8-7+. The molecule has 0 aliphatic rings. The molecule has 1 heterocycles. The summed E-state index contributed by atoms with van der Waals surface area (Å²) in [6, 6.07) is 2.38. The molecule has 1 rings (SSSR count). The van der Waals surface area contributed by atoms with Gasteiger partial charge in [-0.25, -0.2) is 14.3 Å². The lowest BCUT2D eigenvalue weighted by molar-refractivity contribution is -0.148. The molecule has 1 aromatic rings. The molecule has 7 nitrogen and oxygen atoms in total. The number of esters is 1. The molecule has 0 amide bonds. The normalized spacial score (nSPS) is 12.6. The first-order chi connectivity index (χ1) is 11.4. The van der Waals surface area contributed by atoms with Crippen molar-refractivity contribution < 1.29 is 24.2 Å². The van der Waals surface area contributed by atoms with E-state index in [1.165, 1.54) is 22.9 Å². The lowest BCUT2D eigenvalue weighted by Gasteiger charge is -2.17. The van der Waals surface area contributed by atoms with E-state index in [9.17, 15) is 14.7 Å². The smallest absolute Gasteiger partial charge is 0.354 e. The number of carbonyl (C=O) groups excluding carboxylic acids is 1. The quantitative estimate of drug-likeness (QED) is 0.328. The van der Waals surface area contributed by atoms with Crippen LogP contribution in [0.2, 0.25) is 25.7 Å². The fraction of sp³-hybridized carbons (Fsp3) is 0.588. The molecule has 0 unspecified atom stereocenters. The fourth-order valence-corrected chi connectivity index (χ4v) is 2.56. The molecule has 0 radical (unpaired) electrons. The molecule has 1 N–H and O–H groups in total. The third-order valence-corrected chi connectivity index (χ3v) is 4.73. The Kier molecular flexibility index (Phi) is 7.13. The topological polar surface area (TPSA) is 90.7 Å². The van der Waals surface area contributed by atoms with Crippen LogP contribution in [0.25, 0.3) is 6.08 Å². The van der Waals surface area contributed by atoms with Gasteiger partial charge in [0.25, 0.3) is 0 Å². The minimum atomic E-state index is -1.20. The molecule has 0 aromatic carbocycles. The van der Waals surface area contributed by atoms with E-state index >= 15 is 0 Å². The Bertz CT molecular complexity index is 638. The van der Waals surface area contributed by atoms with Crippen molar-refractivity contribution >= 4 is 26.1 Å². The van der Waals surface area contributed by atoms with Gasteiger partial charge in [0.05, 0.1) is 5.69 Å². The van der Waals surface area contributed by atoms with Gasteiger partial charge in [0.15, 0.2) is 0 Å². The number of nitrogens with zero attached hydrogens (tertiary/aromatic N) is 2. The van der Waals surface area contributed by atoms with Gasteiger partial charge >= 0.3 is 11.9 Å². The highest BCUT2D eigenvalue weighted by atomic mass is 28.3. The third kappa shape index (κ3) is 8.64. The summed E-state index contributed by atoms with van der Waals surface area (Å²) in [5.41, 5.74) is -0.217. The van der Waals surface area contributed by atoms with Crippen molar-refractivity contribution in [2.45, 2.75) is 58.8 Å². The van der Waals surface area contributed by atoms with Crippen molar-refractivity contribution in [2.75, 3.05) is 6.61 Å². The Morgan fingerprint density at radius 2 is 1.96 bits per heavy atom. The zero-order valence-corrected chi connectivity index (χ0v) is 16.8. The molecule has 0 aliphatic carbocycles. The molecular weight excluding hydrogens is 340 g/mol. The van der Waals surface area contributed by atoms with Crippen molar-refractivity contribution in [1.82, 2.24) is 9.78 Å². The van der Waals surface area contributed by atoms with Crippen molar-refractivity contribution in [3.63, 3.8) is 0 Å². The van der Waals surface area contributed by atoms with E-state index in [-0.39, 0.29) is 12.4 Å². The average molecular weight is 369 g/mol. The Morgan fingerprint density at radius 1 is 1.32 bits per heavy atom. The number of aromatic carboxylic acids is 1. The zero-order chi connectivity index (χ0) is 19.3. The largest absolute Gasteiger partial charge is 0.477 e. The summed E-state index contributed by atoms with van der Waals surface area (Å²) < 4.78 is 12.0. The predicted molar refractivity (Wildman–Crippen MR) is 98.2 cm³/mol. The Morgan fingerprint density at radius 3 is 2.48 bits per heavy atom. The van der Waals surface area contributed by atoms with Crippen LogP contribution in [0.15, 0.2) is 12.1 Å². The molecule has 0 atom stereocenters. The Balaban J connectivity index is 2.74. The number of ether oxygens (including phenoxy) is 2. The van der Waals surface area contributed by atoms with Crippen LogP contribution >= 0.6 is 0 Å². The average Bonchev–Trinajstić information content (AvgIpc) is 2.82. The molecule has 0 aliphatic heterocycles. The summed E-state index contributed by atoms with van der Waals surface area (Å²) >= 11 is 0. The number of hydrogen-bond donors (Lipinski definition) is 1. The predicted octanol–water partition coefficient (Wildman–Crippen LogP) is 3.25. The second-order valence-electron chi connectivity index (χ2n) is 7.97. The van der Waals surface area contributed by atoms with Gasteiger partial charge in [0.2, 0.25) is 0 Å². The summed E-state index contributed by atoms with van der Waals surface area (Å²) in [7, 11) is -1.20. The number of carboxylic acids is 1. The van der Waals surface area contributed by atoms with Gasteiger partial charge in [0.1, 0.15) is 18.0 Å². The minimum absolute atomic E-state index is 0.0110. The molecule has 140 valence electrons. The maximum Gasteiger partial charge on any atom is 0.354 e. The highest BCUT2D eigenvalue weighted by molar-refractivity contribution is 6.76. The molecule has 25 heavy (non-hydrogen) atoms. The Hall–Kier alpha value is -1.93. The summed E-state index contributed by atoms with van der Waals surface area (Å²) in [5, 5.41) is 13.4. The molecular formula is C17H28N2O5Si. The van der Waals surface area contributed by atoms with E-state index in [1.54, 1.807) is 20.8 Å². The molecule has 0 saturated carbocycles. The maximum absolute atomic E-state index is 11.7. The second kappa shape index (κ2) is 8.44. The number of hydrogen-bond acceptors (Lipinski definition) is 5. The van der Waals surface area contributed by atoms with Crippen LogP contribution in [0, 0.1) is 0 Å². The van der Waals surface area contributed by atoms with Crippen molar-refractivity contribution in [3.05, 3.63) is 23.5 Å². The molecule has 0 bridgehead atoms. The van der Waals surface area contributed by atoms with Crippen LogP contribution < -0.4 is 0 Å². The van der Waals surface area contributed by atoms with Gasteiger partial charge in [-0.1, -0.05) is 19.6 Å². The van der Waals surface area contributed by atoms with Gasteiger partial charge in [-0.15, -0.1) is 0 Å². The van der Waals surface area contributed by atoms with E-state index in [2.05, 4.69) is 24.7 Å². The number of carbonyl (C=O) groups is 2. The lowest BCUT2D eigenvalue weighted by atomic mass is 10.2. The van der Waals surface area contributed by atoms with Crippen molar-refractivity contribution in [2.24, 2.45) is 0 Å². The SMILES string of the molecule is CC(C)(C)OC(=O)/C=C/c1cc(C(=O)O)n(COCC[Si](C)(C)C)n1. The summed E-state index contributed by atoms with van der Waals surface area (Å²) in [4.78, 5) is 23.0. The van der Waals surface area contributed by atoms with Gasteiger partial charge < -0.3 is 14.6 Å². The van der Waals surface area contributed by atoms with E-state index in [0.717, 1.165) is 6.04 Å². The lowest BCUT2D eigenvalue weighted by Crippen LogP contribution is -2.22. The van der Waals surface area contributed by atoms with Crippen LogP contribution in [0.4, 0.5) is 0 Å². The molecule has 1 aromatic heterocycles. The minimum Gasteiger partial charge on any atom is -0.477 e. The maximum atomic E-state index is 11.7. The molecule has 0 spiro atoms. The summed E-state index contributed by atoms with van der Waals surface area (Å²) in [6.07, 6.45) is 2.66. The van der Waals surface area contributed by atoms with Crippen LogP contribution in [0.1, 0.15) is 37.0 Å². The van der Waals surface area contributed by atoms with E-state index in [1.807, 2.05) is 0 Å². The fourth-order valence-electron chi connectivity index (χ4n) is 1.81. The van der Waals surface area contributed by atoms with Gasteiger partial charge in [-0.05, 0) is 39.0 Å². The van der Waals surface area contributed by atoms with Crippen LogP contribution in [-0.4, -0.2) is 47.1 Å². The van der Waals surface area contributed by atoms with Gasteiger partial charge in [-0.3, -0.25) is 0 Å². The molecule has 0 saturated heterocycles. The highest BCUT2D eigenvalue weighted by Crippen LogP contribution is 2.11. The van der Waals surface area contributed by atoms with E-state index in [4.69, 9.17) is 9.47 Å². The van der Waals surface area contributed by atoms with E-state index in [0.29, 0.717) is 12.3 Å². The van der Waals surface area contributed by atoms with Crippen LogP contribution in [0.3, 0.4) is 0 Å². The third-order valence-electron chi connectivity index (χ3n) is 3.02. The monoisotopic (exact) mass is 368 g/mol. The second-order valence-corrected chi connectivity index (χ2v) is 13.6. The summed E-state index contributed by atoms with van der Waals surface area (Å²) in [6.45, 7) is 12.7.